The molecule has 0 saturated carbocycles. The van der Waals surface area contributed by atoms with E-state index in [9.17, 15) is 5.11 Å². The maximum absolute atomic E-state index is 9.25. The van der Waals surface area contributed by atoms with Crippen molar-refractivity contribution in [2.45, 2.75) is 13.0 Å². The molecule has 0 spiro atoms. The van der Waals surface area contributed by atoms with Crippen LogP contribution in [0.4, 0.5) is 5.82 Å². The summed E-state index contributed by atoms with van der Waals surface area (Å²) < 4.78 is 0. The van der Waals surface area contributed by atoms with E-state index in [1.807, 2.05) is 19.2 Å². The van der Waals surface area contributed by atoms with E-state index in [2.05, 4.69) is 27.4 Å². The third kappa shape index (κ3) is 3.05. The van der Waals surface area contributed by atoms with Gasteiger partial charge in [0, 0.05) is 30.2 Å². The second kappa shape index (κ2) is 5.80. The molecule has 2 aromatic rings. The monoisotopic (exact) mass is 248 g/mol. The molecule has 0 aliphatic carbocycles. The summed E-state index contributed by atoms with van der Waals surface area (Å²) >= 11 is 1.77. The Morgan fingerprint density at radius 1 is 1.35 bits per heavy atom. The van der Waals surface area contributed by atoms with Crippen molar-refractivity contribution in [2.75, 3.05) is 18.5 Å². The SMILES string of the molecule is CN(CCc1cccs1)c1ncccc1CO. The van der Waals surface area contributed by atoms with Gasteiger partial charge in [-0.15, -0.1) is 11.3 Å². The van der Waals surface area contributed by atoms with Crippen LogP contribution in [-0.4, -0.2) is 23.7 Å². The fraction of sp³-hybridized carbons (Fsp3) is 0.308. The van der Waals surface area contributed by atoms with Gasteiger partial charge in [-0.05, 0) is 23.9 Å². The number of thiophene rings is 1. The second-order valence-corrected chi connectivity index (χ2v) is 4.93. The van der Waals surface area contributed by atoms with Gasteiger partial charge in [-0.2, -0.15) is 0 Å². The number of aliphatic hydroxyl groups excluding tert-OH is 1. The normalized spacial score (nSPS) is 10.5. The van der Waals surface area contributed by atoms with Crippen molar-refractivity contribution >= 4 is 17.2 Å². The molecule has 90 valence electrons. The van der Waals surface area contributed by atoms with Crippen LogP contribution in [0.25, 0.3) is 0 Å². The molecule has 0 bridgehead atoms. The summed E-state index contributed by atoms with van der Waals surface area (Å²) in [5.74, 6) is 0.867. The van der Waals surface area contributed by atoms with E-state index < -0.39 is 0 Å². The first-order valence-electron chi connectivity index (χ1n) is 5.59. The molecule has 0 saturated heterocycles. The maximum Gasteiger partial charge on any atom is 0.133 e. The summed E-state index contributed by atoms with van der Waals surface area (Å²) in [6.07, 6.45) is 2.77. The Hall–Kier alpha value is -1.39. The van der Waals surface area contributed by atoms with Gasteiger partial charge in [-0.3, -0.25) is 0 Å². The van der Waals surface area contributed by atoms with Gasteiger partial charge >= 0.3 is 0 Å². The Morgan fingerprint density at radius 2 is 2.24 bits per heavy atom. The molecule has 0 fully saturated rings. The highest BCUT2D eigenvalue weighted by Gasteiger charge is 2.07. The lowest BCUT2D eigenvalue weighted by atomic mass is 10.2. The van der Waals surface area contributed by atoms with Crippen LogP contribution in [0, 0.1) is 0 Å². The lowest BCUT2D eigenvalue weighted by molar-refractivity contribution is 0.281. The third-order valence-electron chi connectivity index (χ3n) is 2.67. The van der Waals surface area contributed by atoms with Gasteiger partial charge in [0.25, 0.3) is 0 Å². The summed E-state index contributed by atoms with van der Waals surface area (Å²) in [7, 11) is 2.01. The minimum absolute atomic E-state index is 0.0342. The summed E-state index contributed by atoms with van der Waals surface area (Å²) in [6.45, 7) is 0.942. The summed E-state index contributed by atoms with van der Waals surface area (Å²) in [4.78, 5) is 7.78. The molecule has 0 aromatic carbocycles. The van der Waals surface area contributed by atoms with Crippen LogP contribution in [0.1, 0.15) is 10.4 Å². The molecule has 17 heavy (non-hydrogen) atoms. The van der Waals surface area contributed by atoms with E-state index in [-0.39, 0.29) is 6.61 Å². The zero-order valence-electron chi connectivity index (χ0n) is 9.84. The van der Waals surface area contributed by atoms with Crippen LogP contribution >= 0.6 is 11.3 Å². The van der Waals surface area contributed by atoms with Crippen molar-refractivity contribution in [3.63, 3.8) is 0 Å². The van der Waals surface area contributed by atoms with Crippen LogP contribution in [0.5, 0.6) is 0 Å². The summed E-state index contributed by atoms with van der Waals surface area (Å²) in [6, 6.07) is 7.97. The molecule has 0 aliphatic heterocycles. The van der Waals surface area contributed by atoms with E-state index in [0.29, 0.717) is 0 Å². The molecular formula is C13H16N2OS. The highest BCUT2D eigenvalue weighted by atomic mass is 32.1. The van der Waals surface area contributed by atoms with Crippen molar-refractivity contribution in [1.29, 1.82) is 0 Å². The van der Waals surface area contributed by atoms with Gasteiger partial charge in [0.1, 0.15) is 5.82 Å². The predicted octanol–water partition coefficient (Wildman–Crippen LogP) is 2.31. The third-order valence-corrected chi connectivity index (χ3v) is 3.61. The Kier molecular flexibility index (Phi) is 4.12. The van der Waals surface area contributed by atoms with Gasteiger partial charge in [0.05, 0.1) is 6.61 Å². The number of hydrogen-bond donors (Lipinski definition) is 1. The molecule has 0 radical (unpaired) electrons. The molecule has 2 aromatic heterocycles. The smallest absolute Gasteiger partial charge is 0.133 e. The molecule has 4 heteroatoms. The first-order valence-corrected chi connectivity index (χ1v) is 6.47. The van der Waals surface area contributed by atoms with E-state index in [1.165, 1.54) is 4.88 Å². The number of likely N-dealkylation sites (N-methyl/N-ethyl adjacent to an activating group) is 1. The summed E-state index contributed by atoms with van der Waals surface area (Å²) in [5, 5.41) is 11.3. The van der Waals surface area contributed by atoms with Gasteiger partial charge in [-0.25, -0.2) is 4.98 Å². The molecule has 0 amide bonds. The maximum atomic E-state index is 9.25. The molecule has 1 N–H and O–H groups in total. The quantitative estimate of drug-likeness (QED) is 0.882. The Balaban J connectivity index is 2.01. The molecule has 0 atom stereocenters. The number of aliphatic hydroxyl groups is 1. The first-order chi connectivity index (χ1) is 8.31. The topological polar surface area (TPSA) is 36.4 Å². The van der Waals surface area contributed by atoms with Crippen molar-refractivity contribution < 1.29 is 5.11 Å². The zero-order chi connectivity index (χ0) is 12.1. The fourth-order valence-corrected chi connectivity index (χ4v) is 2.43. The largest absolute Gasteiger partial charge is 0.392 e. The van der Waals surface area contributed by atoms with Crippen LogP contribution in [0.15, 0.2) is 35.8 Å². The van der Waals surface area contributed by atoms with Crippen molar-refractivity contribution in [3.8, 4) is 0 Å². The number of nitrogens with zero attached hydrogens (tertiary/aromatic N) is 2. The van der Waals surface area contributed by atoms with Crippen molar-refractivity contribution in [2.24, 2.45) is 0 Å². The molecule has 2 rings (SSSR count). The number of aromatic nitrogens is 1. The molecule has 0 aliphatic rings. The van der Waals surface area contributed by atoms with Gasteiger partial charge in [-0.1, -0.05) is 12.1 Å². The number of pyridine rings is 1. The van der Waals surface area contributed by atoms with Gasteiger partial charge in [0.15, 0.2) is 0 Å². The number of anilines is 1. The molecule has 0 unspecified atom stereocenters. The molecule has 2 heterocycles. The predicted molar refractivity (Wildman–Crippen MR) is 71.5 cm³/mol. The van der Waals surface area contributed by atoms with Crippen LogP contribution < -0.4 is 4.90 Å². The average molecular weight is 248 g/mol. The minimum atomic E-state index is 0.0342. The van der Waals surface area contributed by atoms with Gasteiger partial charge < -0.3 is 10.0 Å². The average Bonchev–Trinajstić information content (AvgIpc) is 2.89. The van der Waals surface area contributed by atoms with E-state index in [0.717, 1.165) is 24.3 Å². The van der Waals surface area contributed by atoms with E-state index in [4.69, 9.17) is 0 Å². The first kappa shape index (κ1) is 12.1. The minimum Gasteiger partial charge on any atom is -0.392 e. The second-order valence-electron chi connectivity index (χ2n) is 3.90. The standard InChI is InChI=1S/C13H16N2OS/c1-15(8-6-12-5-3-9-17-12)13-11(10-16)4-2-7-14-13/h2-5,7,9,16H,6,8,10H2,1H3. The highest BCUT2D eigenvalue weighted by molar-refractivity contribution is 7.09. The van der Waals surface area contributed by atoms with E-state index in [1.54, 1.807) is 17.5 Å². The van der Waals surface area contributed by atoms with Crippen LogP contribution in [0.2, 0.25) is 0 Å². The van der Waals surface area contributed by atoms with Gasteiger partial charge in [0.2, 0.25) is 0 Å². The van der Waals surface area contributed by atoms with Crippen LogP contribution in [-0.2, 0) is 13.0 Å². The van der Waals surface area contributed by atoms with Crippen LogP contribution in [0.3, 0.4) is 0 Å². The Bertz CT molecular complexity index is 456. The fourth-order valence-electron chi connectivity index (χ4n) is 1.74. The lowest BCUT2D eigenvalue weighted by Crippen LogP contribution is -2.22. The number of hydrogen-bond acceptors (Lipinski definition) is 4. The summed E-state index contributed by atoms with van der Waals surface area (Å²) in [5.41, 5.74) is 0.876. The highest BCUT2D eigenvalue weighted by Crippen LogP contribution is 2.17. The molecular weight excluding hydrogens is 232 g/mol. The lowest BCUT2D eigenvalue weighted by Gasteiger charge is -2.20. The van der Waals surface area contributed by atoms with Crippen molar-refractivity contribution in [3.05, 3.63) is 46.3 Å². The Morgan fingerprint density at radius 3 is 2.94 bits per heavy atom. The number of rotatable bonds is 5. The zero-order valence-corrected chi connectivity index (χ0v) is 10.7. The Labute approximate surface area is 105 Å². The molecule has 3 nitrogen and oxygen atoms in total. The van der Waals surface area contributed by atoms with E-state index >= 15 is 0 Å². The van der Waals surface area contributed by atoms with Crippen molar-refractivity contribution in [1.82, 2.24) is 4.98 Å².